The predicted octanol–water partition coefficient (Wildman–Crippen LogP) is 1.10. The van der Waals surface area contributed by atoms with E-state index < -0.39 is 28.7 Å². The molecule has 124 valence electrons. The number of amides is 1. The lowest BCUT2D eigenvalue weighted by atomic mass is 10.5. The third-order valence-electron chi connectivity index (χ3n) is 2.32. The molecule has 0 aliphatic heterocycles. The van der Waals surface area contributed by atoms with Gasteiger partial charge in [0, 0.05) is 20.3 Å². The van der Waals surface area contributed by atoms with Crippen molar-refractivity contribution in [3.05, 3.63) is 18.3 Å². The maximum Gasteiger partial charge on any atom is 0.405 e. The third kappa shape index (κ3) is 5.81. The number of rotatable bonds is 6. The van der Waals surface area contributed by atoms with Crippen molar-refractivity contribution in [3.63, 3.8) is 0 Å². The van der Waals surface area contributed by atoms with E-state index in [9.17, 15) is 26.4 Å². The normalized spacial score (nSPS) is 12.5. The van der Waals surface area contributed by atoms with Gasteiger partial charge < -0.3 is 5.32 Å². The molecule has 0 spiro atoms. The number of nitrogens with zero attached hydrogens (tertiary/aromatic N) is 2. The van der Waals surface area contributed by atoms with Crippen molar-refractivity contribution in [1.82, 2.24) is 14.6 Å². The molecular formula is C11H14F3N3O3S2. The van der Waals surface area contributed by atoms with E-state index in [4.69, 9.17) is 0 Å². The standard InChI is InChI=1S/C11H14F3N3O3S2/c1-17(2)22(19,20)8-3-4-10(15-5-8)21-6-9(18)16-7-11(12,13)14/h3-5H,6-7H2,1-2H3,(H,16,18). The van der Waals surface area contributed by atoms with Crippen LogP contribution >= 0.6 is 11.8 Å². The second-order valence-electron chi connectivity index (χ2n) is 4.30. The fourth-order valence-electron chi connectivity index (χ4n) is 1.20. The number of halogens is 3. The number of thioether (sulfide) groups is 1. The Bertz CT molecular complexity index is 616. The molecule has 1 N–H and O–H groups in total. The zero-order valence-corrected chi connectivity index (χ0v) is 13.3. The van der Waals surface area contributed by atoms with E-state index in [1.54, 1.807) is 5.32 Å². The van der Waals surface area contributed by atoms with Crippen molar-refractivity contribution in [2.75, 3.05) is 26.4 Å². The summed E-state index contributed by atoms with van der Waals surface area (Å²) >= 11 is 0.908. The minimum Gasteiger partial charge on any atom is -0.346 e. The molecular weight excluding hydrogens is 343 g/mol. The molecule has 0 fully saturated rings. The van der Waals surface area contributed by atoms with Crippen LogP contribution in [0.3, 0.4) is 0 Å². The van der Waals surface area contributed by atoms with E-state index in [2.05, 4.69) is 4.98 Å². The first kappa shape index (κ1) is 18.7. The van der Waals surface area contributed by atoms with Crippen LogP contribution in [0.4, 0.5) is 13.2 Å². The summed E-state index contributed by atoms with van der Waals surface area (Å²) in [5, 5.41) is 2.06. The Morgan fingerprint density at radius 1 is 1.36 bits per heavy atom. The molecule has 6 nitrogen and oxygen atoms in total. The molecule has 0 saturated heterocycles. The van der Waals surface area contributed by atoms with Crippen molar-refractivity contribution in [2.24, 2.45) is 0 Å². The Morgan fingerprint density at radius 3 is 2.45 bits per heavy atom. The van der Waals surface area contributed by atoms with Crippen molar-refractivity contribution in [3.8, 4) is 0 Å². The van der Waals surface area contributed by atoms with Crippen LogP contribution in [0.1, 0.15) is 0 Å². The molecule has 0 atom stereocenters. The molecule has 1 rings (SSSR count). The smallest absolute Gasteiger partial charge is 0.346 e. The second kappa shape index (κ2) is 7.29. The lowest BCUT2D eigenvalue weighted by Crippen LogP contribution is -2.34. The van der Waals surface area contributed by atoms with Gasteiger partial charge in [-0.1, -0.05) is 11.8 Å². The third-order valence-corrected chi connectivity index (χ3v) is 5.07. The van der Waals surface area contributed by atoms with Gasteiger partial charge in [-0.05, 0) is 12.1 Å². The number of alkyl halides is 3. The van der Waals surface area contributed by atoms with Crippen LogP contribution in [0, 0.1) is 0 Å². The van der Waals surface area contributed by atoms with Gasteiger partial charge in [-0.15, -0.1) is 0 Å². The first-order chi connectivity index (χ1) is 10.0. The number of nitrogens with one attached hydrogen (secondary N) is 1. The Morgan fingerprint density at radius 2 is 2.00 bits per heavy atom. The van der Waals surface area contributed by atoms with E-state index in [0.29, 0.717) is 5.03 Å². The summed E-state index contributed by atoms with van der Waals surface area (Å²) in [7, 11) is -0.837. The average molecular weight is 357 g/mol. The van der Waals surface area contributed by atoms with Crippen molar-refractivity contribution in [2.45, 2.75) is 16.1 Å². The molecule has 0 radical (unpaired) electrons. The number of carbonyl (C=O) groups excluding carboxylic acids is 1. The monoisotopic (exact) mass is 357 g/mol. The largest absolute Gasteiger partial charge is 0.405 e. The van der Waals surface area contributed by atoms with E-state index in [0.717, 1.165) is 22.3 Å². The number of hydrogen-bond donors (Lipinski definition) is 1. The minimum atomic E-state index is -4.46. The Labute approximate surface area is 130 Å². The van der Waals surface area contributed by atoms with Crippen molar-refractivity contribution >= 4 is 27.7 Å². The zero-order chi connectivity index (χ0) is 17.0. The fourth-order valence-corrected chi connectivity index (χ4v) is 2.72. The number of sulfonamides is 1. The topological polar surface area (TPSA) is 79.4 Å². The minimum absolute atomic E-state index is 0.0108. The van der Waals surface area contributed by atoms with Crippen LogP contribution < -0.4 is 5.32 Å². The Kier molecular flexibility index (Phi) is 6.20. The summed E-state index contributed by atoms with van der Waals surface area (Å²) in [6, 6.07) is 2.70. The van der Waals surface area contributed by atoms with Gasteiger partial charge in [0.1, 0.15) is 11.4 Å². The maximum absolute atomic E-state index is 11.9. The maximum atomic E-state index is 11.9. The number of aromatic nitrogens is 1. The van der Waals surface area contributed by atoms with Gasteiger partial charge in [0.15, 0.2) is 0 Å². The van der Waals surface area contributed by atoms with Crippen LogP contribution in [0.15, 0.2) is 28.3 Å². The lowest BCUT2D eigenvalue weighted by Gasteiger charge is -2.11. The molecule has 1 heterocycles. The lowest BCUT2D eigenvalue weighted by molar-refractivity contribution is -0.136. The summed E-state index contributed by atoms with van der Waals surface area (Å²) in [4.78, 5) is 15.1. The average Bonchev–Trinajstić information content (AvgIpc) is 2.42. The number of hydrogen-bond acceptors (Lipinski definition) is 5. The van der Waals surface area contributed by atoms with Gasteiger partial charge in [0.25, 0.3) is 0 Å². The molecule has 0 unspecified atom stereocenters. The fraction of sp³-hybridized carbons (Fsp3) is 0.455. The summed E-state index contributed by atoms with van der Waals surface area (Å²) in [6.07, 6.45) is -3.33. The summed E-state index contributed by atoms with van der Waals surface area (Å²) < 4.78 is 60.3. The SMILES string of the molecule is CN(C)S(=O)(=O)c1ccc(SCC(=O)NCC(F)(F)F)nc1. The van der Waals surface area contributed by atoms with Gasteiger partial charge in [0.2, 0.25) is 15.9 Å². The van der Waals surface area contributed by atoms with Gasteiger partial charge in [-0.25, -0.2) is 17.7 Å². The number of carbonyl (C=O) groups is 1. The second-order valence-corrected chi connectivity index (χ2v) is 7.45. The van der Waals surface area contributed by atoms with Gasteiger partial charge in [-0.3, -0.25) is 4.79 Å². The van der Waals surface area contributed by atoms with Gasteiger partial charge in [-0.2, -0.15) is 13.2 Å². The molecule has 1 amide bonds. The Hall–Kier alpha value is -1.33. The highest BCUT2D eigenvalue weighted by atomic mass is 32.2. The van der Waals surface area contributed by atoms with E-state index >= 15 is 0 Å². The quantitative estimate of drug-likeness (QED) is 0.772. The van der Waals surface area contributed by atoms with Crippen LogP contribution in [-0.4, -0.2) is 56.2 Å². The Balaban J connectivity index is 2.57. The van der Waals surface area contributed by atoms with Crippen molar-refractivity contribution < 1.29 is 26.4 Å². The zero-order valence-electron chi connectivity index (χ0n) is 11.7. The molecule has 0 bridgehead atoms. The highest BCUT2D eigenvalue weighted by Gasteiger charge is 2.27. The molecule has 0 aliphatic rings. The molecule has 22 heavy (non-hydrogen) atoms. The molecule has 0 aromatic carbocycles. The first-order valence-corrected chi connectivity index (χ1v) is 8.30. The highest BCUT2D eigenvalue weighted by Crippen LogP contribution is 2.18. The molecule has 0 saturated carbocycles. The summed E-state index contributed by atoms with van der Waals surface area (Å²) in [6.45, 7) is -1.39. The van der Waals surface area contributed by atoms with E-state index in [1.807, 2.05) is 0 Å². The molecule has 1 aromatic heterocycles. The summed E-state index contributed by atoms with van der Waals surface area (Å²) in [5.41, 5.74) is 0. The van der Waals surface area contributed by atoms with Gasteiger partial charge >= 0.3 is 6.18 Å². The predicted molar refractivity (Wildman–Crippen MR) is 74.9 cm³/mol. The molecule has 11 heteroatoms. The van der Waals surface area contributed by atoms with Crippen LogP contribution in [0.5, 0.6) is 0 Å². The van der Waals surface area contributed by atoms with E-state index in [-0.39, 0.29) is 10.6 Å². The first-order valence-electron chi connectivity index (χ1n) is 5.87. The van der Waals surface area contributed by atoms with Crippen LogP contribution in [-0.2, 0) is 14.8 Å². The van der Waals surface area contributed by atoms with Crippen LogP contribution in [0.2, 0.25) is 0 Å². The summed E-state index contributed by atoms with van der Waals surface area (Å²) in [5.74, 6) is -1.03. The van der Waals surface area contributed by atoms with Crippen molar-refractivity contribution in [1.29, 1.82) is 0 Å². The van der Waals surface area contributed by atoms with Gasteiger partial charge in [0.05, 0.1) is 10.8 Å². The highest BCUT2D eigenvalue weighted by molar-refractivity contribution is 7.99. The molecule has 1 aromatic rings. The molecule has 0 aliphatic carbocycles. The number of pyridine rings is 1. The van der Waals surface area contributed by atoms with E-state index in [1.165, 1.54) is 26.2 Å². The van der Waals surface area contributed by atoms with Crippen LogP contribution in [0.25, 0.3) is 0 Å².